The number of benzene rings is 1. The molecule has 1 atom stereocenters. The lowest BCUT2D eigenvalue weighted by atomic mass is 10.1. The summed E-state index contributed by atoms with van der Waals surface area (Å²) in [5.74, 6) is -0.311. The van der Waals surface area contributed by atoms with Crippen molar-refractivity contribution in [2.45, 2.75) is 12.5 Å². The fourth-order valence-corrected chi connectivity index (χ4v) is 2.57. The number of carbonyl (C=O) groups is 1. The van der Waals surface area contributed by atoms with E-state index in [0.717, 1.165) is 5.56 Å². The van der Waals surface area contributed by atoms with Crippen molar-refractivity contribution in [2.75, 3.05) is 19.7 Å². The lowest BCUT2D eigenvalue weighted by Crippen LogP contribution is -2.43. The van der Waals surface area contributed by atoms with Crippen molar-refractivity contribution < 1.29 is 19.0 Å². The minimum absolute atomic E-state index is 0.0621. The van der Waals surface area contributed by atoms with Crippen LogP contribution in [-0.2, 0) is 16.0 Å². The minimum Gasteiger partial charge on any atom is -0.506 e. The van der Waals surface area contributed by atoms with E-state index in [1.165, 1.54) is 24.4 Å². The highest BCUT2D eigenvalue weighted by molar-refractivity contribution is 5.78. The average Bonchev–Trinajstić information content (AvgIpc) is 2.57. The van der Waals surface area contributed by atoms with Gasteiger partial charge in [-0.25, -0.2) is 4.39 Å². The molecule has 1 fully saturated rings. The van der Waals surface area contributed by atoms with Crippen molar-refractivity contribution in [1.82, 2.24) is 9.88 Å². The number of carbonyl (C=O) groups excluding carboxylic acids is 1. The molecule has 120 valence electrons. The van der Waals surface area contributed by atoms with Crippen LogP contribution in [0.25, 0.3) is 0 Å². The predicted octanol–water partition coefficient (Wildman–Crippen LogP) is 2.07. The molecule has 0 saturated carbocycles. The van der Waals surface area contributed by atoms with Crippen molar-refractivity contribution in [2.24, 2.45) is 0 Å². The molecule has 1 N–H and O–H groups in total. The molecule has 1 aromatic carbocycles. The Labute approximate surface area is 133 Å². The molecular formula is C17H17FN2O3. The summed E-state index contributed by atoms with van der Waals surface area (Å²) in [6, 6.07) is 9.37. The Morgan fingerprint density at radius 2 is 2.26 bits per heavy atom. The van der Waals surface area contributed by atoms with Crippen LogP contribution < -0.4 is 0 Å². The van der Waals surface area contributed by atoms with Crippen molar-refractivity contribution in [1.29, 1.82) is 0 Å². The fourth-order valence-electron chi connectivity index (χ4n) is 2.57. The van der Waals surface area contributed by atoms with E-state index in [1.807, 2.05) is 0 Å². The third-order valence-corrected chi connectivity index (χ3v) is 3.78. The zero-order valence-electron chi connectivity index (χ0n) is 12.5. The fraction of sp³-hybridized carbons (Fsp3) is 0.294. The van der Waals surface area contributed by atoms with Crippen LogP contribution in [0.5, 0.6) is 5.75 Å². The normalized spacial score (nSPS) is 18.0. The Morgan fingerprint density at radius 3 is 3.00 bits per heavy atom. The van der Waals surface area contributed by atoms with Crippen LogP contribution in [0.4, 0.5) is 4.39 Å². The Kier molecular flexibility index (Phi) is 4.52. The number of hydrogen-bond acceptors (Lipinski definition) is 4. The van der Waals surface area contributed by atoms with Gasteiger partial charge in [0, 0.05) is 12.2 Å². The highest BCUT2D eigenvalue weighted by Gasteiger charge is 2.25. The van der Waals surface area contributed by atoms with Crippen LogP contribution in [0.3, 0.4) is 0 Å². The highest BCUT2D eigenvalue weighted by Crippen LogP contribution is 2.23. The molecule has 23 heavy (non-hydrogen) atoms. The number of pyridine rings is 1. The molecule has 5 nitrogen and oxygen atoms in total. The Morgan fingerprint density at radius 1 is 1.39 bits per heavy atom. The summed E-state index contributed by atoms with van der Waals surface area (Å²) in [5, 5.41) is 9.22. The lowest BCUT2D eigenvalue weighted by Gasteiger charge is -2.33. The van der Waals surface area contributed by atoms with Crippen LogP contribution in [0, 0.1) is 5.82 Å². The number of halogens is 1. The summed E-state index contributed by atoms with van der Waals surface area (Å²) >= 11 is 0. The number of ether oxygens (including phenoxy) is 1. The first-order valence-corrected chi connectivity index (χ1v) is 7.40. The third-order valence-electron chi connectivity index (χ3n) is 3.78. The molecule has 0 radical (unpaired) electrons. The molecule has 0 spiro atoms. The molecule has 0 aliphatic carbocycles. The van der Waals surface area contributed by atoms with E-state index >= 15 is 0 Å². The molecule has 1 amide bonds. The number of aromatic hydroxyl groups is 1. The average molecular weight is 316 g/mol. The van der Waals surface area contributed by atoms with Gasteiger partial charge in [0.15, 0.2) is 0 Å². The van der Waals surface area contributed by atoms with Gasteiger partial charge in [-0.15, -0.1) is 0 Å². The minimum atomic E-state index is -0.323. The van der Waals surface area contributed by atoms with Gasteiger partial charge in [-0.1, -0.05) is 12.1 Å². The van der Waals surface area contributed by atoms with E-state index < -0.39 is 0 Å². The second kappa shape index (κ2) is 6.75. The van der Waals surface area contributed by atoms with Crippen molar-refractivity contribution >= 4 is 5.91 Å². The molecule has 1 aliphatic heterocycles. The summed E-state index contributed by atoms with van der Waals surface area (Å²) in [6.07, 6.45) is 1.16. The summed E-state index contributed by atoms with van der Waals surface area (Å²) < 4.78 is 19.0. The quantitative estimate of drug-likeness (QED) is 0.941. The molecule has 6 heteroatoms. The maximum atomic E-state index is 13.3. The van der Waals surface area contributed by atoms with Crippen molar-refractivity contribution in [3.8, 4) is 5.75 Å². The first kappa shape index (κ1) is 15.4. The van der Waals surface area contributed by atoms with Crippen LogP contribution in [0.2, 0.25) is 0 Å². The number of hydrogen-bond donors (Lipinski definition) is 1. The van der Waals surface area contributed by atoms with Gasteiger partial charge < -0.3 is 14.7 Å². The van der Waals surface area contributed by atoms with Gasteiger partial charge in [0.05, 0.1) is 25.8 Å². The van der Waals surface area contributed by atoms with E-state index in [0.29, 0.717) is 25.4 Å². The Balaban J connectivity index is 1.65. The first-order valence-electron chi connectivity index (χ1n) is 7.40. The van der Waals surface area contributed by atoms with Gasteiger partial charge in [-0.05, 0) is 29.8 Å². The number of morpholine rings is 1. The van der Waals surface area contributed by atoms with E-state index in [2.05, 4.69) is 4.98 Å². The summed E-state index contributed by atoms with van der Waals surface area (Å²) in [7, 11) is 0. The third kappa shape index (κ3) is 3.84. The molecular weight excluding hydrogens is 299 g/mol. The molecule has 1 aromatic heterocycles. The maximum absolute atomic E-state index is 13.3. The van der Waals surface area contributed by atoms with Gasteiger partial charge in [-0.2, -0.15) is 0 Å². The highest BCUT2D eigenvalue weighted by atomic mass is 19.1. The molecule has 2 aromatic rings. The van der Waals surface area contributed by atoms with Gasteiger partial charge in [-0.3, -0.25) is 9.78 Å². The smallest absolute Gasteiger partial charge is 0.228 e. The van der Waals surface area contributed by atoms with E-state index in [9.17, 15) is 14.3 Å². The van der Waals surface area contributed by atoms with Crippen molar-refractivity contribution in [3.05, 3.63) is 59.7 Å². The first-order chi connectivity index (χ1) is 11.1. The summed E-state index contributed by atoms with van der Waals surface area (Å²) in [6.45, 7) is 1.30. The van der Waals surface area contributed by atoms with Crippen LogP contribution >= 0.6 is 0 Å². The second-order valence-electron chi connectivity index (χ2n) is 5.44. The van der Waals surface area contributed by atoms with Gasteiger partial charge in [0.2, 0.25) is 5.91 Å². The van der Waals surface area contributed by atoms with Crippen LogP contribution in [0.1, 0.15) is 17.4 Å². The molecule has 1 saturated heterocycles. The topological polar surface area (TPSA) is 62.7 Å². The molecule has 3 rings (SSSR count). The zero-order valence-corrected chi connectivity index (χ0v) is 12.5. The maximum Gasteiger partial charge on any atom is 0.228 e. The standard InChI is InChI=1S/C17H17FN2O3/c18-13-3-1-2-12(8-13)16-11-20(6-7-23-16)17(22)9-14-4-5-15(21)10-19-14/h1-5,8,10,16,21H,6-7,9,11H2. The van der Waals surface area contributed by atoms with E-state index in [-0.39, 0.29) is 30.0 Å². The van der Waals surface area contributed by atoms with Gasteiger partial charge >= 0.3 is 0 Å². The molecule has 1 aliphatic rings. The van der Waals surface area contributed by atoms with Gasteiger partial charge in [0.1, 0.15) is 17.7 Å². The zero-order chi connectivity index (χ0) is 16.2. The second-order valence-corrected chi connectivity index (χ2v) is 5.44. The van der Waals surface area contributed by atoms with Crippen LogP contribution in [0.15, 0.2) is 42.6 Å². The molecule has 2 heterocycles. The van der Waals surface area contributed by atoms with Crippen molar-refractivity contribution in [3.63, 3.8) is 0 Å². The van der Waals surface area contributed by atoms with E-state index in [4.69, 9.17) is 4.74 Å². The SMILES string of the molecule is O=C(Cc1ccc(O)cn1)N1CCOC(c2cccc(F)c2)C1. The number of rotatable bonds is 3. The Hall–Kier alpha value is -2.47. The van der Waals surface area contributed by atoms with Gasteiger partial charge in [0.25, 0.3) is 0 Å². The predicted molar refractivity (Wildman–Crippen MR) is 81.3 cm³/mol. The number of nitrogens with zero attached hydrogens (tertiary/aromatic N) is 2. The monoisotopic (exact) mass is 316 g/mol. The van der Waals surface area contributed by atoms with E-state index in [1.54, 1.807) is 23.1 Å². The molecule has 0 bridgehead atoms. The largest absolute Gasteiger partial charge is 0.506 e. The molecule has 1 unspecified atom stereocenters. The summed E-state index contributed by atoms with van der Waals surface area (Å²) in [4.78, 5) is 18.1. The number of amides is 1. The Bertz CT molecular complexity index is 690. The lowest BCUT2D eigenvalue weighted by molar-refractivity contribution is -0.138. The van der Waals surface area contributed by atoms with Crippen LogP contribution in [-0.4, -0.2) is 40.6 Å². The summed E-state index contributed by atoms with van der Waals surface area (Å²) in [5.41, 5.74) is 1.33. The number of aromatic nitrogens is 1.